The Morgan fingerprint density at radius 1 is 0.526 bits per heavy atom. The molecule has 1 fully saturated rings. The standard InChI is InChI=1S/C67H111NO10/c1-4-7-10-13-16-19-22-25-27-28-29-30-31-32-33-34-35-37-40-43-46-49-52-55-62(72)78-65-64(74)63(73)61(56-69)77-67(65)76-57-58(59(70)53-50-47-44-41-38-24-21-18-15-12-9-6-3)68-66(75)60(71)54-51-48-45-42-39-36-26-23-20-17-14-11-8-5-2/h7-8,10-11,14,16-17,19-20,23,25,27,29-30,32-33,35,37,50,53,58-61,63-65,67,69-71,73-74H,4-6,9,12-13,15,18,21-22,24,26,28,31,34,36,38-49,51-52,54-57H2,1-3H3,(H,68,75)/b10-7-,11-8+,17-14+,19-16-,23-20+,27-25-,30-29-,33-32-,37-35-,53-50+. The van der Waals surface area contributed by atoms with Crippen LogP contribution in [0.4, 0.5) is 0 Å². The Kier molecular flexibility index (Phi) is 49.6. The van der Waals surface area contributed by atoms with E-state index in [1.54, 1.807) is 6.08 Å². The lowest BCUT2D eigenvalue weighted by atomic mass is 9.99. The van der Waals surface area contributed by atoms with Crippen LogP contribution >= 0.6 is 0 Å². The molecule has 444 valence electrons. The van der Waals surface area contributed by atoms with Gasteiger partial charge in [0.1, 0.15) is 24.4 Å². The van der Waals surface area contributed by atoms with Gasteiger partial charge in [-0.15, -0.1) is 0 Å². The van der Waals surface area contributed by atoms with Crippen LogP contribution in [0.25, 0.3) is 0 Å². The lowest BCUT2D eigenvalue weighted by molar-refractivity contribution is -0.305. The predicted octanol–water partition coefficient (Wildman–Crippen LogP) is 14.7. The second kappa shape index (κ2) is 53.7. The van der Waals surface area contributed by atoms with Crippen molar-refractivity contribution >= 4 is 11.9 Å². The molecule has 0 aromatic heterocycles. The van der Waals surface area contributed by atoms with Crippen LogP contribution in [0.5, 0.6) is 0 Å². The van der Waals surface area contributed by atoms with Crippen molar-refractivity contribution < 1.29 is 49.3 Å². The first kappa shape index (κ1) is 72.1. The summed E-state index contributed by atoms with van der Waals surface area (Å²) in [5.74, 6) is -1.24. The molecule has 1 aliphatic rings. The highest BCUT2D eigenvalue weighted by Gasteiger charge is 2.47. The lowest BCUT2D eigenvalue weighted by Gasteiger charge is -2.41. The summed E-state index contributed by atoms with van der Waals surface area (Å²) in [7, 11) is 0. The van der Waals surface area contributed by atoms with Gasteiger partial charge in [-0.25, -0.2) is 0 Å². The summed E-state index contributed by atoms with van der Waals surface area (Å²) in [6, 6.07) is -1.04. The number of hydrogen-bond donors (Lipinski definition) is 6. The SMILES string of the molecule is CC/C=C\C/C=C\C/C=C\C/C=C\C/C=C\C/C=C\CCCCCCC(=O)OC1C(OCC(NC(=O)C(O)CCCCCCCC/C=C/C=C/C=C/CC)C(O)/C=C/CCCCCCCCCCCC)OC(CO)C(O)C1O. The van der Waals surface area contributed by atoms with Gasteiger partial charge in [-0.1, -0.05) is 245 Å². The molecule has 1 rings (SSSR count). The van der Waals surface area contributed by atoms with E-state index in [9.17, 15) is 35.1 Å². The van der Waals surface area contributed by atoms with Gasteiger partial charge in [0, 0.05) is 6.42 Å². The average Bonchev–Trinajstić information content (AvgIpc) is 3.45. The zero-order valence-corrected chi connectivity index (χ0v) is 49.0. The number of amides is 1. The molecule has 0 aliphatic carbocycles. The van der Waals surface area contributed by atoms with Crippen LogP contribution in [0.15, 0.2) is 122 Å². The minimum Gasteiger partial charge on any atom is -0.454 e. The number of carbonyl (C=O) groups is 2. The number of rotatable bonds is 50. The third-order valence-corrected chi connectivity index (χ3v) is 13.7. The number of carbonyl (C=O) groups excluding carboxylic acids is 2. The number of hydrogen-bond acceptors (Lipinski definition) is 10. The number of ether oxygens (including phenoxy) is 3. The largest absolute Gasteiger partial charge is 0.454 e. The van der Waals surface area contributed by atoms with Gasteiger partial charge in [-0.2, -0.15) is 0 Å². The maximum Gasteiger partial charge on any atom is 0.306 e. The fraction of sp³-hybridized carbons (Fsp3) is 0.672. The molecule has 6 N–H and O–H groups in total. The second-order valence-electron chi connectivity index (χ2n) is 20.7. The molecule has 0 aromatic rings. The van der Waals surface area contributed by atoms with E-state index in [0.29, 0.717) is 12.8 Å². The summed E-state index contributed by atoms with van der Waals surface area (Å²) in [5, 5.41) is 56.9. The number of nitrogens with one attached hydrogen (secondary N) is 1. The average molecular weight is 1090 g/mol. The van der Waals surface area contributed by atoms with E-state index in [0.717, 1.165) is 135 Å². The molecule has 1 heterocycles. The molecule has 0 saturated carbocycles. The van der Waals surface area contributed by atoms with Gasteiger partial charge in [0.05, 0.1) is 25.4 Å². The minimum absolute atomic E-state index is 0.0851. The Labute approximate surface area is 474 Å². The normalized spacial score (nSPS) is 19.8. The van der Waals surface area contributed by atoms with E-state index >= 15 is 0 Å². The van der Waals surface area contributed by atoms with Gasteiger partial charge < -0.3 is 45.1 Å². The van der Waals surface area contributed by atoms with Crippen LogP contribution in [0.3, 0.4) is 0 Å². The highest BCUT2D eigenvalue weighted by atomic mass is 16.7. The molecular formula is C67H111NO10. The lowest BCUT2D eigenvalue weighted by Crippen LogP contribution is -2.61. The molecule has 8 atom stereocenters. The Morgan fingerprint density at radius 2 is 0.987 bits per heavy atom. The van der Waals surface area contributed by atoms with Crippen molar-refractivity contribution in [3.63, 3.8) is 0 Å². The predicted molar refractivity (Wildman–Crippen MR) is 324 cm³/mol. The molecule has 78 heavy (non-hydrogen) atoms. The third-order valence-electron chi connectivity index (χ3n) is 13.7. The topological polar surface area (TPSA) is 175 Å². The molecule has 1 saturated heterocycles. The van der Waals surface area contributed by atoms with Gasteiger partial charge in [0.2, 0.25) is 5.91 Å². The van der Waals surface area contributed by atoms with Gasteiger partial charge >= 0.3 is 5.97 Å². The van der Waals surface area contributed by atoms with E-state index in [-0.39, 0.29) is 19.4 Å². The molecular weight excluding hydrogens is 979 g/mol. The summed E-state index contributed by atoms with van der Waals surface area (Å²) in [4.78, 5) is 26.5. The highest BCUT2D eigenvalue weighted by molar-refractivity contribution is 5.80. The Hall–Kier alpha value is -3.94. The zero-order valence-electron chi connectivity index (χ0n) is 49.0. The molecule has 1 amide bonds. The Morgan fingerprint density at radius 3 is 1.53 bits per heavy atom. The van der Waals surface area contributed by atoms with E-state index in [4.69, 9.17) is 14.2 Å². The van der Waals surface area contributed by atoms with E-state index in [1.807, 2.05) is 18.2 Å². The van der Waals surface area contributed by atoms with E-state index in [2.05, 4.69) is 123 Å². The van der Waals surface area contributed by atoms with Gasteiger partial charge in [-0.3, -0.25) is 9.59 Å². The maximum atomic E-state index is 13.4. The van der Waals surface area contributed by atoms with E-state index < -0.39 is 67.4 Å². The van der Waals surface area contributed by atoms with Crippen molar-refractivity contribution in [2.45, 2.75) is 275 Å². The Balaban J connectivity index is 2.69. The number of aliphatic hydroxyl groups excluding tert-OH is 5. The van der Waals surface area contributed by atoms with Crippen LogP contribution in [-0.4, -0.2) is 99.6 Å². The number of unbranched alkanes of at least 4 members (excludes halogenated alkanes) is 20. The van der Waals surface area contributed by atoms with Gasteiger partial charge in [0.25, 0.3) is 0 Å². The molecule has 11 heteroatoms. The third kappa shape index (κ3) is 41.1. The smallest absolute Gasteiger partial charge is 0.306 e. The summed E-state index contributed by atoms with van der Waals surface area (Å²) in [5.41, 5.74) is 0. The van der Waals surface area contributed by atoms with Crippen LogP contribution in [0.1, 0.15) is 226 Å². The summed E-state index contributed by atoms with van der Waals surface area (Å²) < 4.78 is 17.6. The van der Waals surface area contributed by atoms with Crippen molar-refractivity contribution in [3.05, 3.63) is 122 Å². The fourth-order valence-corrected chi connectivity index (χ4v) is 8.83. The first-order chi connectivity index (χ1) is 38.2. The molecule has 0 aromatic carbocycles. The van der Waals surface area contributed by atoms with Crippen LogP contribution in [0, 0.1) is 0 Å². The fourth-order valence-electron chi connectivity index (χ4n) is 8.83. The molecule has 0 bridgehead atoms. The van der Waals surface area contributed by atoms with Crippen LogP contribution in [0.2, 0.25) is 0 Å². The van der Waals surface area contributed by atoms with Crippen LogP contribution < -0.4 is 5.32 Å². The van der Waals surface area contributed by atoms with Crippen molar-refractivity contribution in [2.75, 3.05) is 13.2 Å². The zero-order chi connectivity index (χ0) is 56.8. The second-order valence-corrected chi connectivity index (χ2v) is 20.7. The Bertz CT molecular complexity index is 1730. The molecule has 0 radical (unpaired) electrons. The number of esters is 1. The van der Waals surface area contributed by atoms with Crippen LogP contribution in [-0.2, 0) is 23.8 Å². The monoisotopic (exact) mass is 1090 g/mol. The number of aliphatic hydroxyl groups is 5. The molecule has 0 spiro atoms. The van der Waals surface area contributed by atoms with Crippen molar-refractivity contribution in [3.8, 4) is 0 Å². The van der Waals surface area contributed by atoms with E-state index in [1.165, 1.54) is 44.9 Å². The molecule has 1 aliphatic heterocycles. The molecule has 8 unspecified atom stereocenters. The molecule has 11 nitrogen and oxygen atoms in total. The quantitative estimate of drug-likeness (QED) is 0.0149. The van der Waals surface area contributed by atoms with Gasteiger partial charge in [0.15, 0.2) is 12.4 Å². The van der Waals surface area contributed by atoms with Crippen molar-refractivity contribution in [1.29, 1.82) is 0 Å². The summed E-state index contributed by atoms with van der Waals surface area (Å²) >= 11 is 0. The van der Waals surface area contributed by atoms with Crippen molar-refractivity contribution in [1.82, 2.24) is 5.32 Å². The maximum absolute atomic E-state index is 13.4. The first-order valence-electron chi connectivity index (χ1n) is 30.8. The minimum atomic E-state index is -1.63. The summed E-state index contributed by atoms with van der Waals surface area (Å²) in [6.45, 7) is 5.50. The highest BCUT2D eigenvalue weighted by Crippen LogP contribution is 2.26. The number of allylic oxidation sites excluding steroid dienone is 19. The van der Waals surface area contributed by atoms with Gasteiger partial charge in [-0.05, 0) is 96.3 Å². The van der Waals surface area contributed by atoms with Crippen molar-refractivity contribution in [2.24, 2.45) is 0 Å². The summed E-state index contributed by atoms with van der Waals surface area (Å²) in [6.07, 6.45) is 63.7. The first-order valence-corrected chi connectivity index (χ1v) is 30.8.